The number of furan rings is 1. The molecule has 1 atom stereocenters. The quantitative estimate of drug-likeness (QED) is 0.636. The zero-order chi connectivity index (χ0) is 15.4. The van der Waals surface area contributed by atoms with Crippen molar-refractivity contribution in [1.29, 1.82) is 0 Å². The summed E-state index contributed by atoms with van der Waals surface area (Å²) >= 11 is 0. The van der Waals surface area contributed by atoms with Crippen LogP contribution in [-0.4, -0.2) is 26.7 Å². The van der Waals surface area contributed by atoms with E-state index in [-0.39, 0.29) is 11.6 Å². The molecule has 0 radical (unpaired) electrons. The average Bonchev–Trinajstić information content (AvgIpc) is 3.26. The fraction of sp³-hybridized carbons (Fsp3) is 0.438. The van der Waals surface area contributed by atoms with Gasteiger partial charge in [-0.25, -0.2) is 4.98 Å². The Morgan fingerprint density at radius 3 is 3.09 bits per heavy atom. The summed E-state index contributed by atoms with van der Waals surface area (Å²) in [6.07, 6.45) is 6.66. The van der Waals surface area contributed by atoms with E-state index in [1.165, 1.54) is 0 Å². The Balaban J connectivity index is 1.76. The molecule has 1 saturated heterocycles. The van der Waals surface area contributed by atoms with Crippen molar-refractivity contribution < 1.29 is 4.42 Å². The predicted octanol–water partition coefficient (Wildman–Crippen LogP) is 1.82. The van der Waals surface area contributed by atoms with E-state index in [2.05, 4.69) is 20.5 Å². The summed E-state index contributed by atoms with van der Waals surface area (Å²) in [5, 5.41) is 10.5. The summed E-state index contributed by atoms with van der Waals surface area (Å²) in [4.78, 5) is 20.1. The molecule has 2 aliphatic rings. The van der Waals surface area contributed by atoms with Crippen molar-refractivity contribution >= 4 is 11.1 Å². The molecular formula is C16H17N5O2. The van der Waals surface area contributed by atoms with Gasteiger partial charge in [0.05, 0.1) is 17.8 Å². The van der Waals surface area contributed by atoms with E-state index in [0.29, 0.717) is 11.1 Å². The number of aromatic amines is 2. The minimum absolute atomic E-state index is 0.132. The second-order valence-corrected chi connectivity index (χ2v) is 6.30. The number of H-pyrrole nitrogens is 2. The van der Waals surface area contributed by atoms with E-state index < -0.39 is 0 Å². The van der Waals surface area contributed by atoms with E-state index in [1.54, 1.807) is 6.20 Å². The zero-order valence-electron chi connectivity index (χ0n) is 12.6. The molecule has 7 heteroatoms. The number of rotatable bonds is 1. The van der Waals surface area contributed by atoms with E-state index >= 15 is 0 Å². The lowest BCUT2D eigenvalue weighted by molar-refractivity contribution is 0.595. The largest absolute Gasteiger partial charge is 0.448 e. The van der Waals surface area contributed by atoms with Crippen LogP contribution in [0, 0.1) is 0 Å². The number of aromatic nitrogens is 4. The van der Waals surface area contributed by atoms with Crippen molar-refractivity contribution in [3.63, 3.8) is 0 Å². The minimum Gasteiger partial charge on any atom is -0.448 e. The molecule has 1 aliphatic heterocycles. The normalized spacial score (nSPS) is 20.4. The first-order chi connectivity index (χ1) is 11.3. The monoisotopic (exact) mass is 311 g/mol. The third-order valence-corrected chi connectivity index (χ3v) is 4.87. The SMILES string of the molecule is O=c1[nH]c([C@H]2CCCN2)nc2c3c(oc12)-c1cn[nH]c1CCC3. The van der Waals surface area contributed by atoms with Gasteiger partial charge in [0.2, 0.25) is 5.58 Å². The van der Waals surface area contributed by atoms with Gasteiger partial charge in [-0.2, -0.15) is 5.10 Å². The molecule has 0 amide bonds. The maximum absolute atomic E-state index is 12.5. The van der Waals surface area contributed by atoms with Gasteiger partial charge in [0, 0.05) is 11.3 Å². The van der Waals surface area contributed by atoms with Gasteiger partial charge < -0.3 is 14.7 Å². The summed E-state index contributed by atoms with van der Waals surface area (Å²) in [6, 6.07) is 0.132. The molecule has 0 spiro atoms. The van der Waals surface area contributed by atoms with Gasteiger partial charge in [0.25, 0.3) is 5.56 Å². The maximum atomic E-state index is 12.5. The van der Waals surface area contributed by atoms with Gasteiger partial charge in [-0.05, 0) is 38.6 Å². The number of hydrogen-bond donors (Lipinski definition) is 3. The van der Waals surface area contributed by atoms with Crippen LogP contribution < -0.4 is 10.9 Å². The van der Waals surface area contributed by atoms with Crippen LogP contribution in [-0.2, 0) is 12.8 Å². The highest BCUT2D eigenvalue weighted by molar-refractivity contribution is 5.85. The molecular weight excluding hydrogens is 294 g/mol. The average molecular weight is 311 g/mol. The molecule has 3 N–H and O–H groups in total. The van der Waals surface area contributed by atoms with Crippen LogP contribution in [0.15, 0.2) is 15.4 Å². The van der Waals surface area contributed by atoms with Crippen LogP contribution in [0.5, 0.6) is 0 Å². The molecule has 0 unspecified atom stereocenters. The van der Waals surface area contributed by atoms with Crippen LogP contribution in [0.1, 0.15) is 42.4 Å². The lowest BCUT2D eigenvalue weighted by Crippen LogP contribution is -2.20. The summed E-state index contributed by atoms with van der Waals surface area (Å²) in [7, 11) is 0. The molecule has 7 nitrogen and oxygen atoms in total. The molecule has 3 aromatic heterocycles. The van der Waals surface area contributed by atoms with E-state index in [1.807, 2.05) is 0 Å². The summed E-state index contributed by atoms with van der Waals surface area (Å²) < 4.78 is 5.92. The van der Waals surface area contributed by atoms with Crippen molar-refractivity contribution in [2.45, 2.75) is 38.1 Å². The Labute approximate surface area is 131 Å². The third kappa shape index (κ3) is 1.89. The molecule has 1 fully saturated rings. The topological polar surface area (TPSA) is 99.6 Å². The molecule has 5 rings (SSSR count). The van der Waals surface area contributed by atoms with Gasteiger partial charge >= 0.3 is 0 Å². The van der Waals surface area contributed by atoms with Crippen molar-refractivity contribution in [3.8, 4) is 11.3 Å². The Hall–Kier alpha value is -2.41. The van der Waals surface area contributed by atoms with Crippen molar-refractivity contribution in [2.75, 3.05) is 6.54 Å². The first kappa shape index (κ1) is 13.1. The first-order valence-electron chi connectivity index (χ1n) is 8.13. The molecule has 118 valence electrons. The Morgan fingerprint density at radius 2 is 2.22 bits per heavy atom. The molecule has 4 heterocycles. The molecule has 3 aromatic rings. The van der Waals surface area contributed by atoms with Crippen LogP contribution in [0.25, 0.3) is 22.4 Å². The smallest absolute Gasteiger partial charge is 0.294 e. The Morgan fingerprint density at radius 1 is 1.26 bits per heavy atom. The van der Waals surface area contributed by atoms with Crippen molar-refractivity contribution in [1.82, 2.24) is 25.5 Å². The second kappa shape index (κ2) is 4.79. The zero-order valence-corrected chi connectivity index (χ0v) is 12.6. The fourth-order valence-electron chi connectivity index (χ4n) is 3.72. The second-order valence-electron chi connectivity index (χ2n) is 6.30. The highest BCUT2D eigenvalue weighted by Gasteiger charge is 2.27. The molecule has 0 saturated carbocycles. The van der Waals surface area contributed by atoms with Crippen LogP contribution >= 0.6 is 0 Å². The predicted molar refractivity (Wildman–Crippen MR) is 84.2 cm³/mol. The minimum atomic E-state index is -0.197. The summed E-state index contributed by atoms with van der Waals surface area (Å²) in [5.74, 6) is 1.47. The van der Waals surface area contributed by atoms with Gasteiger partial charge in [-0.15, -0.1) is 0 Å². The lowest BCUT2D eigenvalue weighted by atomic mass is 10.1. The van der Waals surface area contributed by atoms with Gasteiger partial charge in [0.15, 0.2) is 0 Å². The van der Waals surface area contributed by atoms with Crippen molar-refractivity contribution in [2.24, 2.45) is 0 Å². The number of nitrogens with one attached hydrogen (secondary N) is 3. The third-order valence-electron chi connectivity index (χ3n) is 4.87. The van der Waals surface area contributed by atoms with Gasteiger partial charge in [0.1, 0.15) is 17.1 Å². The maximum Gasteiger partial charge on any atom is 0.294 e. The summed E-state index contributed by atoms with van der Waals surface area (Å²) in [6.45, 7) is 0.967. The Bertz CT molecular complexity index is 945. The molecule has 0 aromatic carbocycles. The van der Waals surface area contributed by atoms with E-state index in [9.17, 15) is 4.79 Å². The number of nitrogens with zero attached hydrogens (tertiary/aromatic N) is 2. The van der Waals surface area contributed by atoms with E-state index in [4.69, 9.17) is 9.40 Å². The van der Waals surface area contributed by atoms with Gasteiger partial charge in [-0.1, -0.05) is 0 Å². The highest BCUT2D eigenvalue weighted by Crippen LogP contribution is 2.36. The van der Waals surface area contributed by atoms with Crippen molar-refractivity contribution in [3.05, 3.63) is 33.6 Å². The van der Waals surface area contributed by atoms with Crippen LogP contribution in [0.2, 0.25) is 0 Å². The standard InChI is InChI=1S/C16H17N5O2/c22-16-14-12(19-15(20-16)11-5-2-6-17-11)8-3-1-4-10-9(7-18-21-10)13(8)23-14/h7,11,17H,1-6H2,(H,18,21)(H,19,20,22)/t11-/m1/s1. The lowest BCUT2D eigenvalue weighted by Gasteiger charge is -2.08. The highest BCUT2D eigenvalue weighted by atomic mass is 16.3. The summed E-state index contributed by atoms with van der Waals surface area (Å²) in [5.41, 5.74) is 3.89. The number of aryl methyl sites for hydroxylation is 2. The van der Waals surface area contributed by atoms with E-state index in [0.717, 1.165) is 67.1 Å². The van der Waals surface area contributed by atoms with Crippen LogP contribution in [0.4, 0.5) is 0 Å². The fourth-order valence-corrected chi connectivity index (χ4v) is 3.72. The molecule has 0 bridgehead atoms. The Kier molecular flexibility index (Phi) is 2.72. The number of fused-ring (bicyclic) bond motifs is 5. The van der Waals surface area contributed by atoms with Gasteiger partial charge in [-0.3, -0.25) is 9.89 Å². The molecule has 23 heavy (non-hydrogen) atoms. The molecule has 1 aliphatic carbocycles. The number of hydrogen-bond acceptors (Lipinski definition) is 5. The van der Waals surface area contributed by atoms with Crippen LogP contribution in [0.3, 0.4) is 0 Å². The first-order valence-corrected chi connectivity index (χ1v) is 8.13.